The lowest BCUT2D eigenvalue weighted by Crippen LogP contribution is -2.26. The third-order valence-electron chi connectivity index (χ3n) is 2.95. The van der Waals surface area contributed by atoms with Gasteiger partial charge in [0.1, 0.15) is 0 Å². The van der Waals surface area contributed by atoms with E-state index in [2.05, 4.69) is 0 Å². The Kier molecular flexibility index (Phi) is 3.37. The highest BCUT2D eigenvalue weighted by atomic mass is 16.3. The van der Waals surface area contributed by atoms with Crippen LogP contribution in [0, 0.1) is 6.92 Å². The van der Waals surface area contributed by atoms with E-state index >= 15 is 0 Å². The van der Waals surface area contributed by atoms with E-state index in [1.807, 2.05) is 13.0 Å². The van der Waals surface area contributed by atoms with Gasteiger partial charge in [-0.3, -0.25) is 4.79 Å². The van der Waals surface area contributed by atoms with Gasteiger partial charge in [0, 0.05) is 30.4 Å². The minimum atomic E-state index is -0.0407. The molecule has 18 heavy (non-hydrogen) atoms. The maximum Gasteiger partial charge on any atom is 0.254 e. The largest absolute Gasteiger partial charge is 0.472 e. The number of furan rings is 1. The van der Waals surface area contributed by atoms with Gasteiger partial charge in [-0.15, -0.1) is 0 Å². The molecule has 0 fully saturated rings. The zero-order chi connectivity index (χ0) is 13.1. The third kappa shape index (κ3) is 2.37. The van der Waals surface area contributed by atoms with Gasteiger partial charge in [-0.2, -0.15) is 0 Å². The molecule has 2 aromatic rings. The van der Waals surface area contributed by atoms with Crippen LogP contribution in [0.25, 0.3) is 0 Å². The highest BCUT2D eigenvalue weighted by molar-refractivity contribution is 5.96. The van der Waals surface area contributed by atoms with Crippen molar-refractivity contribution in [3.05, 3.63) is 53.5 Å². The van der Waals surface area contributed by atoms with Gasteiger partial charge in [-0.05, 0) is 30.7 Å². The smallest absolute Gasteiger partial charge is 0.254 e. The summed E-state index contributed by atoms with van der Waals surface area (Å²) in [6, 6.07) is 7.22. The van der Waals surface area contributed by atoms with Crippen LogP contribution in [0.2, 0.25) is 0 Å². The standard InChI is InChI=1S/C14H16N2O2/c1-10-12(4-3-5-13(10)15)14(17)16(2)8-11-6-7-18-9-11/h3-7,9H,8,15H2,1-2H3. The molecule has 1 heterocycles. The van der Waals surface area contributed by atoms with Crippen molar-refractivity contribution in [1.82, 2.24) is 4.90 Å². The quantitative estimate of drug-likeness (QED) is 0.844. The summed E-state index contributed by atoms with van der Waals surface area (Å²) < 4.78 is 4.99. The summed E-state index contributed by atoms with van der Waals surface area (Å²) in [5.41, 5.74) is 8.87. The Balaban J connectivity index is 2.18. The Morgan fingerprint density at radius 1 is 1.39 bits per heavy atom. The zero-order valence-electron chi connectivity index (χ0n) is 10.5. The predicted octanol–water partition coefficient (Wildman–Crippen LogP) is 2.44. The number of carbonyl (C=O) groups excluding carboxylic acids is 1. The van der Waals surface area contributed by atoms with E-state index in [1.54, 1.807) is 42.7 Å². The fourth-order valence-corrected chi connectivity index (χ4v) is 1.82. The summed E-state index contributed by atoms with van der Waals surface area (Å²) in [6.07, 6.45) is 3.23. The number of carbonyl (C=O) groups is 1. The van der Waals surface area contributed by atoms with Gasteiger partial charge in [-0.1, -0.05) is 6.07 Å². The van der Waals surface area contributed by atoms with Crippen LogP contribution in [-0.4, -0.2) is 17.9 Å². The maximum atomic E-state index is 12.3. The van der Waals surface area contributed by atoms with Gasteiger partial charge in [0.25, 0.3) is 5.91 Å². The lowest BCUT2D eigenvalue weighted by Gasteiger charge is -2.18. The summed E-state index contributed by atoms with van der Waals surface area (Å²) in [6.45, 7) is 2.37. The second-order valence-electron chi connectivity index (χ2n) is 4.31. The summed E-state index contributed by atoms with van der Waals surface area (Å²) in [5.74, 6) is -0.0407. The van der Waals surface area contributed by atoms with E-state index in [9.17, 15) is 4.79 Å². The molecule has 0 spiro atoms. The maximum absolute atomic E-state index is 12.3. The average Bonchev–Trinajstić information content (AvgIpc) is 2.84. The van der Waals surface area contributed by atoms with Crippen LogP contribution in [0.4, 0.5) is 5.69 Å². The minimum Gasteiger partial charge on any atom is -0.472 e. The molecule has 94 valence electrons. The second-order valence-corrected chi connectivity index (χ2v) is 4.31. The number of hydrogen-bond donors (Lipinski definition) is 1. The first-order valence-corrected chi connectivity index (χ1v) is 5.71. The molecule has 0 radical (unpaired) electrons. The van der Waals surface area contributed by atoms with E-state index in [0.717, 1.165) is 11.1 Å². The van der Waals surface area contributed by atoms with Crippen LogP contribution in [0.5, 0.6) is 0 Å². The van der Waals surface area contributed by atoms with Gasteiger partial charge in [0.05, 0.1) is 12.5 Å². The SMILES string of the molecule is Cc1c(N)cccc1C(=O)N(C)Cc1ccoc1. The zero-order valence-corrected chi connectivity index (χ0v) is 10.5. The molecule has 4 nitrogen and oxygen atoms in total. The van der Waals surface area contributed by atoms with Crippen LogP contribution < -0.4 is 5.73 Å². The molecule has 0 aliphatic heterocycles. The fourth-order valence-electron chi connectivity index (χ4n) is 1.82. The molecular formula is C14H16N2O2. The molecule has 0 aliphatic carbocycles. The number of amides is 1. The first-order chi connectivity index (χ1) is 8.59. The molecule has 1 amide bonds. The van der Waals surface area contributed by atoms with E-state index < -0.39 is 0 Å². The third-order valence-corrected chi connectivity index (χ3v) is 2.95. The Morgan fingerprint density at radius 2 is 2.17 bits per heavy atom. The van der Waals surface area contributed by atoms with Crippen molar-refractivity contribution >= 4 is 11.6 Å². The van der Waals surface area contributed by atoms with E-state index in [0.29, 0.717) is 17.8 Å². The van der Waals surface area contributed by atoms with Gasteiger partial charge < -0.3 is 15.1 Å². The highest BCUT2D eigenvalue weighted by Crippen LogP contribution is 2.17. The van der Waals surface area contributed by atoms with Crippen molar-refractivity contribution in [2.45, 2.75) is 13.5 Å². The molecule has 1 aromatic carbocycles. The summed E-state index contributed by atoms with van der Waals surface area (Å²) in [5, 5.41) is 0. The van der Waals surface area contributed by atoms with Gasteiger partial charge in [0.15, 0.2) is 0 Å². The molecule has 0 bridgehead atoms. The van der Waals surface area contributed by atoms with E-state index in [-0.39, 0.29) is 5.91 Å². The lowest BCUT2D eigenvalue weighted by atomic mass is 10.1. The van der Waals surface area contributed by atoms with Crippen LogP contribution in [0.3, 0.4) is 0 Å². The summed E-state index contributed by atoms with van der Waals surface area (Å²) in [4.78, 5) is 13.9. The van der Waals surface area contributed by atoms with Crippen molar-refractivity contribution in [1.29, 1.82) is 0 Å². The monoisotopic (exact) mass is 244 g/mol. The van der Waals surface area contributed by atoms with Crippen molar-refractivity contribution < 1.29 is 9.21 Å². The van der Waals surface area contributed by atoms with Gasteiger partial charge in [0.2, 0.25) is 0 Å². The molecule has 0 saturated carbocycles. The Morgan fingerprint density at radius 3 is 2.83 bits per heavy atom. The Hall–Kier alpha value is -2.23. The fraction of sp³-hybridized carbons (Fsp3) is 0.214. The second kappa shape index (κ2) is 4.96. The molecule has 0 aliphatic rings. The van der Waals surface area contributed by atoms with E-state index in [4.69, 9.17) is 10.2 Å². The molecule has 2 N–H and O–H groups in total. The van der Waals surface area contributed by atoms with E-state index in [1.165, 1.54) is 0 Å². The molecule has 1 aromatic heterocycles. The predicted molar refractivity (Wildman–Crippen MR) is 70.1 cm³/mol. The molecular weight excluding hydrogens is 228 g/mol. The molecule has 0 atom stereocenters. The first-order valence-electron chi connectivity index (χ1n) is 5.71. The molecule has 0 unspecified atom stereocenters. The van der Waals surface area contributed by atoms with Crippen molar-refractivity contribution in [3.63, 3.8) is 0 Å². The molecule has 2 rings (SSSR count). The molecule has 0 saturated heterocycles. The topological polar surface area (TPSA) is 59.5 Å². The minimum absolute atomic E-state index is 0.0407. The molecule has 4 heteroatoms. The number of hydrogen-bond acceptors (Lipinski definition) is 3. The lowest BCUT2D eigenvalue weighted by molar-refractivity contribution is 0.0784. The summed E-state index contributed by atoms with van der Waals surface area (Å²) >= 11 is 0. The Labute approximate surface area is 106 Å². The Bertz CT molecular complexity index is 547. The number of rotatable bonds is 3. The van der Waals surface area contributed by atoms with Gasteiger partial charge in [-0.25, -0.2) is 0 Å². The van der Waals surface area contributed by atoms with Crippen LogP contribution in [-0.2, 0) is 6.54 Å². The van der Waals surface area contributed by atoms with Crippen LogP contribution in [0.15, 0.2) is 41.2 Å². The normalized spacial score (nSPS) is 10.3. The average molecular weight is 244 g/mol. The van der Waals surface area contributed by atoms with Crippen LogP contribution >= 0.6 is 0 Å². The first kappa shape index (κ1) is 12.2. The van der Waals surface area contributed by atoms with Crippen LogP contribution in [0.1, 0.15) is 21.5 Å². The number of nitrogen functional groups attached to an aromatic ring is 1. The number of nitrogens with two attached hydrogens (primary N) is 1. The van der Waals surface area contributed by atoms with Crippen molar-refractivity contribution in [3.8, 4) is 0 Å². The number of benzene rings is 1. The highest BCUT2D eigenvalue weighted by Gasteiger charge is 2.15. The number of anilines is 1. The number of nitrogens with zero attached hydrogens (tertiary/aromatic N) is 1. The van der Waals surface area contributed by atoms with Gasteiger partial charge >= 0.3 is 0 Å². The van der Waals surface area contributed by atoms with Crippen molar-refractivity contribution in [2.75, 3.05) is 12.8 Å². The summed E-state index contributed by atoms with van der Waals surface area (Å²) in [7, 11) is 1.76. The van der Waals surface area contributed by atoms with Crippen molar-refractivity contribution in [2.24, 2.45) is 0 Å².